The van der Waals surface area contributed by atoms with Crippen LogP contribution >= 0.6 is 27.5 Å². The summed E-state index contributed by atoms with van der Waals surface area (Å²) in [6.07, 6.45) is 0. The van der Waals surface area contributed by atoms with Gasteiger partial charge in [-0.25, -0.2) is 4.98 Å². The predicted molar refractivity (Wildman–Crippen MR) is 121 cm³/mol. The molecular formula is C23H18BrClN2O2. The number of nitrogens with zero attached hydrogens (tertiary/aromatic N) is 1. The molecule has 0 fully saturated rings. The lowest BCUT2D eigenvalue weighted by Gasteiger charge is -2.11. The quantitative estimate of drug-likeness (QED) is 0.348. The Labute approximate surface area is 182 Å². The van der Waals surface area contributed by atoms with Gasteiger partial charge in [0.15, 0.2) is 5.58 Å². The van der Waals surface area contributed by atoms with Crippen LogP contribution in [0.5, 0.6) is 0 Å². The maximum absolute atomic E-state index is 12.7. The van der Waals surface area contributed by atoms with Crippen molar-refractivity contribution in [3.8, 4) is 11.5 Å². The van der Waals surface area contributed by atoms with E-state index < -0.39 is 0 Å². The van der Waals surface area contributed by atoms with Crippen molar-refractivity contribution < 1.29 is 9.21 Å². The van der Waals surface area contributed by atoms with Crippen molar-refractivity contribution in [1.82, 2.24) is 4.98 Å². The van der Waals surface area contributed by atoms with E-state index in [-0.39, 0.29) is 5.91 Å². The number of oxazole rings is 1. The zero-order valence-corrected chi connectivity index (χ0v) is 18.5. The molecule has 0 saturated heterocycles. The molecule has 0 aliphatic rings. The highest BCUT2D eigenvalue weighted by Gasteiger charge is 2.15. The van der Waals surface area contributed by atoms with Crippen molar-refractivity contribution in [3.63, 3.8) is 0 Å². The molecule has 0 bridgehead atoms. The minimum absolute atomic E-state index is 0.277. The maximum atomic E-state index is 12.7. The molecule has 0 saturated carbocycles. The molecule has 0 aliphatic carbocycles. The van der Waals surface area contributed by atoms with Crippen LogP contribution in [0.15, 0.2) is 57.4 Å². The molecular weight excluding hydrogens is 452 g/mol. The first kappa shape index (κ1) is 19.7. The van der Waals surface area contributed by atoms with E-state index in [4.69, 9.17) is 16.0 Å². The zero-order valence-electron chi connectivity index (χ0n) is 16.1. The summed E-state index contributed by atoms with van der Waals surface area (Å²) in [6, 6.07) is 14.9. The number of rotatable bonds is 3. The van der Waals surface area contributed by atoms with Gasteiger partial charge in [0.1, 0.15) is 5.52 Å². The Hall–Kier alpha value is -2.63. The number of nitrogens with one attached hydrogen (secondary N) is 1. The van der Waals surface area contributed by atoms with Crippen molar-refractivity contribution >= 4 is 50.2 Å². The monoisotopic (exact) mass is 468 g/mol. The van der Waals surface area contributed by atoms with Crippen molar-refractivity contribution in [2.45, 2.75) is 20.8 Å². The molecule has 4 nitrogen and oxygen atoms in total. The number of hydrogen-bond acceptors (Lipinski definition) is 3. The van der Waals surface area contributed by atoms with Crippen LogP contribution < -0.4 is 5.32 Å². The van der Waals surface area contributed by atoms with Crippen molar-refractivity contribution in [2.24, 2.45) is 0 Å². The van der Waals surface area contributed by atoms with E-state index in [1.165, 1.54) is 5.56 Å². The highest BCUT2D eigenvalue weighted by molar-refractivity contribution is 9.10. The lowest BCUT2D eigenvalue weighted by Crippen LogP contribution is -2.13. The Balaban J connectivity index is 1.69. The number of carbonyl (C=O) groups excluding carboxylic acids is 1. The van der Waals surface area contributed by atoms with E-state index in [1.54, 1.807) is 18.2 Å². The zero-order chi connectivity index (χ0) is 20.7. The summed E-state index contributed by atoms with van der Waals surface area (Å²) in [6.45, 7) is 6.03. The summed E-state index contributed by atoms with van der Waals surface area (Å²) < 4.78 is 6.74. The smallest absolute Gasteiger partial charge is 0.257 e. The van der Waals surface area contributed by atoms with Gasteiger partial charge in [-0.15, -0.1) is 0 Å². The van der Waals surface area contributed by atoms with Gasteiger partial charge in [-0.2, -0.15) is 0 Å². The Bertz CT molecular complexity index is 1220. The third kappa shape index (κ3) is 3.93. The number of carbonyl (C=O) groups is 1. The van der Waals surface area contributed by atoms with E-state index in [2.05, 4.69) is 33.2 Å². The van der Waals surface area contributed by atoms with E-state index in [1.807, 2.05) is 44.2 Å². The molecule has 6 heteroatoms. The molecule has 1 aromatic heterocycles. The maximum Gasteiger partial charge on any atom is 0.257 e. The minimum atomic E-state index is -0.277. The van der Waals surface area contributed by atoms with Crippen molar-refractivity contribution in [1.29, 1.82) is 0 Å². The van der Waals surface area contributed by atoms with Crippen molar-refractivity contribution in [2.75, 3.05) is 5.32 Å². The standard InChI is InChI=1S/C23H18BrClN2O2/c1-12-4-5-15(23-27-20-8-13(2)14(3)9-21(20)29-23)10-19(12)26-22(28)17-11-16(24)6-7-18(17)25/h4-11H,1-3H3,(H,26,28). The van der Waals surface area contributed by atoms with Gasteiger partial charge >= 0.3 is 0 Å². The summed E-state index contributed by atoms with van der Waals surface area (Å²) in [5, 5.41) is 3.34. The van der Waals surface area contributed by atoms with Crippen LogP contribution in [0.1, 0.15) is 27.0 Å². The number of aromatic nitrogens is 1. The number of anilines is 1. The van der Waals surface area contributed by atoms with Crippen LogP contribution in [0.3, 0.4) is 0 Å². The van der Waals surface area contributed by atoms with Crippen LogP contribution in [-0.2, 0) is 0 Å². The van der Waals surface area contributed by atoms with Gasteiger partial charge in [-0.05, 0) is 79.9 Å². The molecule has 0 unspecified atom stereocenters. The Kier molecular flexibility index (Phi) is 5.19. The Morgan fingerprint density at radius 2 is 1.76 bits per heavy atom. The molecule has 0 spiro atoms. The molecule has 0 radical (unpaired) electrons. The summed E-state index contributed by atoms with van der Waals surface area (Å²) in [4.78, 5) is 17.4. The van der Waals surface area contributed by atoms with Crippen LogP contribution in [0.2, 0.25) is 5.02 Å². The normalized spacial score (nSPS) is 11.1. The second kappa shape index (κ2) is 7.65. The fourth-order valence-corrected chi connectivity index (χ4v) is 3.62. The van der Waals surface area contributed by atoms with Crippen LogP contribution in [0.25, 0.3) is 22.6 Å². The van der Waals surface area contributed by atoms with Gasteiger partial charge in [0.2, 0.25) is 5.89 Å². The molecule has 4 aromatic rings. The lowest BCUT2D eigenvalue weighted by atomic mass is 10.1. The highest BCUT2D eigenvalue weighted by Crippen LogP contribution is 2.30. The molecule has 0 atom stereocenters. The fourth-order valence-electron chi connectivity index (χ4n) is 3.05. The van der Waals surface area contributed by atoms with Gasteiger partial charge in [-0.1, -0.05) is 33.6 Å². The second-order valence-electron chi connectivity index (χ2n) is 7.03. The fraction of sp³-hybridized carbons (Fsp3) is 0.130. The van der Waals surface area contributed by atoms with Crippen LogP contribution in [0, 0.1) is 20.8 Å². The first-order chi connectivity index (χ1) is 13.8. The third-order valence-electron chi connectivity index (χ3n) is 4.91. The topological polar surface area (TPSA) is 55.1 Å². The first-order valence-corrected chi connectivity index (χ1v) is 10.2. The molecule has 1 amide bonds. The van der Waals surface area contributed by atoms with E-state index in [9.17, 15) is 4.79 Å². The number of amides is 1. The molecule has 146 valence electrons. The minimum Gasteiger partial charge on any atom is -0.436 e. The van der Waals surface area contributed by atoms with Crippen LogP contribution in [0.4, 0.5) is 5.69 Å². The number of aryl methyl sites for hydroxylation is 3. The average Bonchev–Trinajstić information content (AvgIpc) is 3.08. The molecule has 4 rings (SSSR count). The number of halogens is 2. The SMILES string of the molecule is Cc1cc2nc(-c3ccc(C)c(NC(=O)c4cc(Br)ccc4Cl)c3)oc2cc1C. The number of hydrogen-bond donors (Lipinski definition) is 1. The molecule has 1 N–H and O–H groups in total. The molecule has 3 aromatic carbocycles. The molecule has 0 aliphatic heterocycles. The summed E-state index contributed by atoms with van der Waals surface area (Å²) in [5.41, 5.74) is 6.68. The molecule has 1 heterocycles. The van der Waals surface area contributed by atoms with Gasteiger partial charge in [0.05, 0.1) is 10.6 Å². The Morgan fingerprint density at radius 1 is 1.00 bits per heavy atom. The first-order valence-electron chi connectivity index (χ1n) is 9.07. The third-order valence-corrected chi connectivity index (χ3v) is 5.73. The van der Waals surface area contributed by atoms with Gasteiger partial charge in [0.25, 0.3) is 5.91 Å². The predicted octanol–water partition coefficient (Wildman–Crippen LogP) is 7.09. The summed E-state index contributed by atoms with van der Waals surface area (Å²) in [5.74, 6) is 0.237. The average molecular weight is 470 g/mol. The van der Waals surface area contributed by atoms with Crippen LogP contribution in [-0.4, -0.2) is 10.9 Å². The van der Waals surface area contributed by atoms with Gasteiger partial charge in [0, 0.05) is 15.7 Å². The summed E-state index contributed by atoms with van der Waals surface area (Å²) in [7, 11) is 0. The largest absolute Gasteiger partial charge is 0.436 e. The number of fused-ring (bicyclic) bond motifs is 1. The van der Waals surface area contributed by atoms with E-state index >= 15 is 0 Å². The Morgan fingerprint density at radius 3 is 2.55 bits per heavy atom. The number of benzene rings is 3. The highest BCUT2D eigenvalue weighted by atomic mass is 79.9. The lowest BCUT2D eigenvalue weighted by molar-refractivity contribution is 0.102. The second-order valence-corrected chi connectivity index (χ2v) is 8.35. The van der Waals surface area contributed by atoms with Gasteiger partial charge < -0.3 is 9.73 Å². The van der Waals surface area contributed by atoms with Gasteiger partial charge in [-0.3, -0.25) is 4.79 Å². The summed E-state index contributed by atoms with van der Waals surface area (Å²) >= 11 is 9.56. The van der Waals surface area contributed by atoms with E-state index in [0.29, 0.717) is 22.2 Å². The molecule has 29 heavy (non-hydrogen) atoms. The van der Waals surface area contributed by atoms with Crippen molar-refractivity contribution in [3.05, 3.63) is 80.3 Å². The van der Waals surface area contributed by atoms with E-state index in [0.717, 1.165) is 32.3 Å².